The fourth-order valence-corrected chi connectivity index (χ4v) is 3.83. The number of nitrogens with zero attached hydrogens (tertiary/aromatic N) is 3. The number of hydrogen-bond acceptors (Lipinski definition) is 2. The second-order valence-corrected chi connectivity index (χ2v) is 7.16. The first kappa shape index (κ1) is 15.9. The van der Waals surface area contributed by atoms with Crippen molar-refractivity contribution in [1.29, 1.82) is 0 Å². The predicted octanol–water partition coefficient (Wildman–Crippen LogP) is 1.68. The number of nitrogens with one attached hydrogen (secondary N) is 1. The van der Waals surface area contributed by atoms with Crippen molar-refractivity contribution in [3.63, 3.8) is 0 Å². The number of rotatable bonds is 2. The maximum Gasteiger partial charge on any atom is 0.319 e. The molecule has 0 radical (unpaired) electrons. The van der Waals surface area contributed by atoms with Gasteiger partial charge in [0.05, 0.1) is 5.56 Å². The number of urea groups is 1. The van der Waals surface area contributed by atoms with Gasteiger partial charge in [-0.15, -0.1) is 0 Å². The van der Waals surface area contributed by atoms with Crippen LogP contribution in [0.15, 0.2) is 18.5 Å². The third-order valence-corrected chi connectivity index (χ3v) is 5.48. The highest BCUT2D eigenvalue weighted by atomic mass is 16.2. The number of aromatic nitrogens is 1. The summed E-state index contributed by atoms with van der Waals surface area (Å²) in [5.74, 6) is 0.0153. The Balaban J connectivity index is 1.58. The van der Waals surface area contributed by atoms with Crippen molar-refractivity contribution in [2.24, 2.45) is 12.5 Å². The summed E-state index contributed by atoms with van der Waals surface area (Å²) in [6.45, 7) is 1.57. The Morgan fingerprint density at radius 3 is 2.43 bits per heavy atom. The minimum absolute atomic E-state index is 0.0153. The molecule has 1 aromatic rings. The van der Waals surface area contributed by atoms with Crippen LogP contribution in [-0.2, 0) is 7.05 Å². The number of aryl methyl sites for hydroxylation is 1. The molecule has 0 bridgehead atoms. The normalized spacial score (nSPS) is 22.6. The van der Waals surface area contributed by atoms with E-state index >= 15 is 0 Å². The lowest BCUT2D eigenvalue weighted by Crippen LogP contribution is -2.60. The van der Waals surface area contributed by atoms with E-state index < -0.39 is 0 Å². The van der Waals surface area contributed by atoms with E-state index in [9.17, 15) is 9.59 Å². The van der Waals surface area contributed by atoms with Gasteiger partial charge in [0.15, 0.2) is 0 Å². The number of piperidine rings is 1. The van der Waals surface area contributed by atoms with E-state index in [1.807, 2.05) is 35.0 Å². The summed E-state index contributed by atoms with van der Waals surface area (Å²) in [7, 11) is 5.50. The van der Waals surface area contributed by atoms with E-state index in [1.54, 1.807) is 19.0 Å². The van der Waals surface area contributed by atoms with Gasteiger partial charge in [0.2, 0.25) is 0 Å². The van der Waals surface area contributed by atoms with Crippen LogP contribution >= 0.6 is 0 Å². The Kier molecular flexibility index (Phi) is 4.08. The molecule has 1 saturated heterocycles. The maximum atomic E-state index is 12.4. The van der Waals surface area contributed by atoms with Crippen molar-refractivity contribution in [1.82, 2.24) is 19.7 Å². The summed E-state index contributed by atoms with van der Waals surface area (Å²) >= 11 is 0. The smallest absolute Gasteiger partial charge is 0.319 e. The van der Waals surface area contributed by atoms with Gasteiger partial charge >= 0.3 is 6.03 Å². The quantitative estimate of drug-likeness (QED) is 0.902. The molecule has 2 aliphatic rings. The van der Waals surface area contributed by atoms with Crippen LogP contribution in [-0.4, -0.2) is 59.5 Å². The molecule has 2 fully saturated rings. The van der Waals surface area contributed by atoms with Gasteiger partial charge in [-0.05, 0) is 37.2 Å². The highest BCUT2D eigenvalue weighted by Crippen LogP contribution is 2.49. The minimum Gasteiger partial charge on any atom is -0.356 e. The second kappa shape index (κ2) is 5.91. The van der Waals surface area contributed by atoms with Crippen molar-refractivity contribution in [3.05, 3.63) is 24.0 Å². The van der Waals surface area contributed by atoms with Gasteiger partial charge in [0.1, 0.15) is 0 Å². The van der Waals surface area contributed by atoms with Gasteiger partial charge in [-0.3, -0.25) is 4.79 Å². The minimum atomic E-state index is 0.0153. The van der Waals surface area contributed by atoms with Crippen LogP contribution < -0.4 is 5.32 Å². The van der Waals surface area contributed by atoms with Crippen LogP contribution in [0.3, 0.4) is 0 Å². The largest absolute Gasteiger partial charge is 0.356 e. The monoisotopic (exact) mass is 318 g/mol. The highest BCUT2D eigenvalue weighted by Gasteiger charge is 2.49. The molecule has 1 aliphatic carbocycles. The molecule has 1 unspecified atom stereocenters. The lowest BCUT2D eigenvalue weighted by atomic mass is 9.59. The van der Waals surface area contributed by atoms with E-state index in [4.69, 9.17) is 0 Å². The molecular formula is C17H26N4O2. The third kappa shape index (κ3) is 2.94. The Morgan fingerprint density at radius 2 is 1.96 bits per heavy atom. The zero-order chi connectivity index (χ0) is 16.6. The molecule has 3 amide bonds. The fraction of sp³-hybridized carbons (Fsp3) is 0.647. The van der Waals surface area contributed by atoms with Crippen LogP contribution in [0.2, 0.25) is 0 Å². The molecule has 1 atom stereocenters. The van der Waals surface area contributed by atoms with E-state index in [2.05, 4.69) is 5.32 Å². The molecule has 6 heteroatoms. The van der Waals surface area contributed by atoms with Gasteiger partial charge in [0.25, 0.3) is 5.91 Å². The standard InChI is InChI=1S/C17H26N4O2/c1-19(2)16(23)21-10-7-17(8-11-21)6-4-14(17)18-15(22)13-5-9-20(3)12-13/h5,9,12,14H,4,6-8,10-11H2,1-3H3,(H,18,22). The summed E-state index contributed by atoms with van der Waals surface area (Å²) in [4.78, 5) is 27.9. The molecule has 1 N–H and O–H groups in total. The Hall–Kier alpha value is -1.98. The fourth-order valence-electron chi connectivity index (χ4n) is 3.83. The lowest BCUT2D eigenvalue weighted by molar-refractivity contribution is 0.00189. The molecule has 126 valence electrons. The summed E-state index contributed by atoms with van der Waals surface area (Å²) in [5, 5.41) is 3.21. The number of amides is 3. The highest BCUT2D eigenvalue weighted by molar-refractivity contribution is 5.94. The molecule has 3 rings (SSSR count). The van der Waals surface area contributed by atoms with E-state index in [0.29, 0.717) is 0 Å². The topological polar surface area (TPSA) is 57.6 Å². The van der Waals surface area contributed by atoms with Gasteiger partial charge in [-0.25, -0.2) is 4.79 Å². The molecule has 6 nitrogen and oxygen atoms in total. The first-order chi connectivity index (χ1) is 10.9. The second-order valence-electron chi connectivity index (χ2n) is 7.16. The average molecular weight is 318 g/mol. The van der Waals surface area contributed by atoms with Crippen LogP contribution in [0.4, 0.5) is 4.79 Å². The zero-order valence-corrected chi connectivity index (χ0v) is 14.2. The molecule has 23 heavy (non-hydrogen) atoms. The number of carbonyl (C=O) groups is 2. The maximum absolute atomic E-state index is 12.4. The van der Waals surface area contributed by atoms with E-state index in [-0.39, 0.29) is 23.4 Å². The van der Waals surface area contributed by atoms with Gasteiger partial charge in [0, 0.05) is 52.7 Å². The number of likely N-dealkylation sites (tertiary alicyclic amines) is 1. The van der Waals surface area contributed by atoms with Crippen molar-refractivity contribution in [2.45, 2.75) is 31.7 Å². The predicted molar refractivity (Wildman–Crippen MR) is 88.2 cm³/mol. The van der Waals surface area contributed by atoms with E-state index in [1.165, 1.54) is 0 Å². The molecule has 1 spiro atoms. The van der Waals surface area contributed by atoms with Crippen molar-refractivity contribution < 1.29 is 9.59 Å². The summed E-state index contributed by atoms with van der Waals surface area (Å²) in [6.07, 6.45) is 7.88. The number of hydrogen-bond donors (Lipinski definition) is 1. The van der Waals surface area contributed by atoms with E-state index in [0.717, 1.165) is 44.3 Å². The SMILES string of the molecule is CN(C)C(=O)N1CCC2(CCC2NC(=O)c2ccn(C)c2)CC1. The zero-order valence-electron chi connectivity index (χ0n) is 14.2. The summed E-state index contributed by atoms with van der Waals surface area (Å²) in [6, 6.07) is 2.18. The first-order valence-corrected chi connectivity index (χ1v) is 8.30. The molecule has 2 heterocycles. The molecule has 1 aromatic heterocycles. The molecule has 0 aromatic carbocycles. The van der Waals surface area contributed by atoms with Crippen molar-refractivity contribution in [3.8, 4) is 0 Å². The van der Waals surface area contributed by atoms with Gasteiger partial charge in [-0.2, -0.15) is 0 Å². The van der Waals surface area contributed by atoms with Crippen LogP contribution in [0, 0.1) is 5.41 Å². The Morgan fingerprint density at radius 1 is 1.26 bits per heavy atom. The van der Waals surface area contributed by atoms with Crippen LogP contribution in [0.5, 0.6) is 0 Å². The first-order valence-electron chi connectivity index (χ1n) is 8.30. The van der Waals surface area contributed by atoms with Crippen molar-refractivity contribution >= 4 is 11.9 Å². The van der Waals surface area contributed by atoms with Crippen LogP contribution in [0.25, 0.3) is 0 Å². The molecule has 1 saturated carbocycles. The molecular weight excluding hydrogens is 292 g/mol. The Labute approximate surface area is 137 Å². The summed E-state index contributed by atoms with van der Waals surface area (Å²) in [5.41, 5.74) is 0.905. The van der Waals surface area contributed by atoms with Crippen LogP contribution in [0.1, 0.15) is 36.0 Å². The third-order valence-electron chi connectivity index (χ3n) is 5.48. The summed E-state index contributed by atoms with van der Waals surface area (Å²) < 4.78 is 1.89. The van der Waals surface area contributed by atoms with Crippen molar-refractivity contribution in [2.75, 3.05) is 27.2 Å². The average Bonchev–Trinajstić information content (AvgIpc) is 2.97. The number of carbonyl (C=O) groups excluding carboxylic acids is 2. The lowest BCUT2D eigenvalue weighted by Gasteiger charge is -2.54. The Bertz CT molecular complexity index is 599. The van der Waals surface area contributed by atoms with Gasteiger partial charge < -0.3 is 19.7 Å². The van der Waals surface area contributed by atoms with Gasteiger partial charge in [-0.1, -0.05) is 0 Å². The molecule has 1 aliphatic heterocycles.